The van der Waals surface area contributed by atoms with Gasteiger partial charge >= 0.3 is 11.9 Å². The number of benzene rings is 4. The first-order chi connectivity index (χ1) is 14.4. The van der Waals surface area contributed by atoms with E-state index in [1.807, 2.05) is 36.4 Å². The van der Waals surface area contributed by atoms with Crippen molar-refractivity contribution in [2.75, 3.05) is 0 Å². The van der Waals surface area contributed by atoms with E-state index in [9.17, 15) is 19.8 Å². The van der Waals surface area contributed by atoms with E-state index in [1.165, 1.54) is 24.3 Å². The lowest BCUT2D eigenvalue weighted by atomic mass is 9.91. The number of aromatic hydroxyl groups is 2. The molecule has 30 heavy (non-hydrogen) atoms. The zero-order valence-electron chi connectivity index (χ0n) is 15.5. The van der Waals surface area contributed by atoms with E-state index in [4.69, 9.17) is 10.2 Å². The number of hydrogen-bond donors (Lipinski definition) is 4. The van der Waals surface area contributed by atoms with Crippen LogP contribution in [0.5, 0.6) is 11.5 Å². The number of carboxylic acids is 2. The average Bonchev–Trinajstić information content (AvgIpc) is 2.72. The smallest absolute Gasteiger partial charge is 0.339 e. The summed E-state index contributed by atoms with van der Waals surface area (Å²) in [7, 11) is 0. The molecule has 0 aliphatic carbocycles. The van der Waals surface area contributed by atoms with Gasteiger partial charge in [-0.3, -0.25) is 0 Å². The molecular weight excluding hydrogens is 384 g/mol. The fourth-order valence-electron chi connectivity index (χ4n) is 3.56. The normalized spacial score (nSPS) is 10.8. The summed E-state index contributed by atoms with van der Waals surface area (Å²) in [5.74, 6) is -3.04. The first-order valence-electron chi connectivity index (χ1n) is 9.02. The fourth-order valence-corrected chi connectivity index (χ4v) is 3.56. The lowest BCUT2D eigenvalue weighted by molar-refractivity contribution is 0.0682. The van der Waals surface area contributed by atoms with Crippen LogP contribution in [-0.2, 0) is 0 Å². The van der Waals surface area contributed by atoms with Crippen molar-refractivity contribution < 1.29 is 30.0 Å². The largest absolute Gasteiger partial charge is 0.507 e. The van der Waals surface area contributed by atoms with E-state index in [1.54, 1.807) is 12.1 Å². The Labute approximate surface area is 170 Å². The van der Waals surface area contributed by atoms with Crippen LogP contribution in [0.3, 0.4) is 0 Å². The molecule has 148 valence electrons. The Balaban J connectivity index is 1.89. The average molecular weight is 400 g/mol. The standard InChI is InChI=1S/C24H16O6/c25-21-11-13(5-7-19(21)23(27)28)15-9-10-16(18-4-2-1-3-17(15)18)14-6-8-20(24(29)30)22(26)12-14/h1-12,25-26H,(H,27,28)(H,29,30). The van der Waals surface area contributed by atoms with Gasteiger partial charge in [-0.15, -0.1) is 0 Å². The van der Waals surface area contributed by atoms with Crippen molar-refractivity contribution in [1.82, 2.24) is 0 Å². The van der Waals surface area contributed by atoms with Crippen LogP contribution in [0.4, 0.5) is 0 Å². The minimum atomic E-state index is -1.20. The number of carboxylic acid groups (broad SMARTS) is 2. The summed E-state index contributed by atoms with van der Waals surface area (Å²) >= 11 is 0. The molecule has 0 aromatic heterocycles. The molecule has 0 spiro atoms. The third kappa shape index (κ3) is 3.20. The van der Waals surface area contributed by atoms with E-state index >= 15 is 0 Å². The van der Waals surface area contributed by atoms with E-state index in [2.05, 4.69) is 0 Å². The van der Waals surface area contributed by atoms with Crippen molar-refractivity contribution in [3.63, 3.8) is 0 Å². The Morgan fingerprint density at radius 1 is 0.567 bits per heavy atom. The Morgan fingerprint density at radius 3 is 1.30 bits per heavy atom. The van der Waals surface area contributed by atoms with E-state index in [-0.39, 0.29) is 22.6 Å². The summed E-state index contributed by atoms with van der Waals surface area (Å²) in [4.78, 5) is 22.3. The lowest BCUT2D eigenvalue weighted by Gasteiger charge is -2.13. The highest BCUT2D eigenvalue weighted by Gasteiger charge is 2.15. The molecule has 0 bridgehead atoms. The van der Waals surface area contributed by atoms with Gasteiger partial charge in [0.15, 0.2) is 0 Å². The van der Waals surface area contributed by atoms with Crippen LogP contribution in [-0.4, -0.2) is 32.4 Å². The number of rotatable bonds is 4. The van der Waals surface area contributed by atoms with Crippen LogP contribution in [0.15, 0.2) is 72.8 Å². The molecule has 6 heteroatoms. The highest BCUT2D eigenvalue weighted by Crippen LogP contribution is 2.38. The molecule has 0 fully saturated rings. The molecule has 0 amide bonds. The van der Waals surface area contributed by atoms with Crippen molar-refractivity contribution in [3.05, 3.63) is 83.9 Å². The second-order valence-electron chi connectivity index (χ2n) is 6.78. The maximum absolute atomic E-state index is 11.2. The van der Waals surface area contributed by atoms with Gasteiger partial charge in [-0.2, -0.15) is 0 Å². The Hall–Kier alpha value is -4.32. The number of aromatic carboxylic acids is 2. The number of carbonyl (C=O) groups is 2. The molecule has 0 radical (unpaired) electrons. The van der Waals surface area contributed by atoms with Crippen LogP contribution in [0.2, 0.25) is 0 Å². The summed E-state index contributed by atoms with van der Waals surface area (Å²) in [6.07, 6.45) is 0. The first kappa shape index (κ1) is 19.0. The second-order valence-corrected chi connectivity index (χ2v) is 6.78. The number of hydrogen-bond acceptors (Lipinski definition) is 4. The summed E-state index contributed by atoms with van der Waals surface area (Å²) in [6.45, 7) is 0. The summed E-state index contributed by atoms with van der Waals surface area (Å²) < 4.78 is 0. The van der Waals surface area contributed by atoms with Crippen LogP contribution < -0.4 is 0 Å². The van der Waals surface area contributed by atoms with E-state index < -0.39 is 11.9 Å². The third-order valence-corrected chi connectivity index (χ3v) is 5.00. The highest BCUT2D eigenvalue weighted by atomic mass is 16.4. The molecule has 0 unspecified atom stereocenters. The minimum absolute atomic E-state index is 0.173. The SMILES string of the molecule is O=C(O)c1ccc(-c2ccc(-c3ccc(C(=O)O)c(O)c3)c3ccccc23)cc1O. The molecular formula is C24H16O6. The van der Waals surface area contributed by atoms with Crippen molar-refractivity contribution in [1.29, 1.82) is 0 Å². The zero-order valence-corrected chi connectivity index (χ0v) is 15.5. The van der Waals surface area contributed by atoms with Crippen LogP contribution in [0, 0.1) is 0 Å². The molecule has 0 aliphatic heterocycles. The van der Waals surface area contributed by atoms with Gasteiger partial charge in [0.1, 0.15) is 22.6 Å². The van der Waals surface area contributed by atoms with Crippen LogP contribution in [0.25, 0.3) is 33.0 Å². The van der Waals surface area contributed by atoms with Gasteiger partial charge in [0.05, 0.1) is 0 Å². The van der Waals surface area contributed by atoms with Gasteiger partial charge < -0.3 is 20.4 Å². The van der Waals surface area contributed by atoms with Crippen molar-refractivity contribution in [3.8, 4) is 33.8 Å². The lowest BCUT2D eigenvalue weighted by Crippen LogP contribution is -1.97. The topological polar surface area (TPSA) is 115 Å². The number of phenols is 2. The first-order valence-corrected chi connectivity index (χ1v) is 9.02. The molecule has 0 saturated carbocycles. The molecule has 4 rings (SSSR count). The monoisotopic (exact) mass is 400 g/mol. The van der Waals surface area contributed by atoms with Crippen molar-refractivity contribution >= 4 is 22.7 Å². The van der Waals surface area contributed by atoms with Gasteiger partial charge in [-0.1, -0.05) is 48.5 Å². The molecule has 0 atom stereocenters. The van der Waals surface area contributed by atoms with E-state index in [0.29, 0.717) is 11.1 Å². The molecule has 0 aliphatic rings. The predicted molar refractivity (Wildman–Crippen MR) is 112 cm³/mol. The van der Waals surface area contributed by atoms with Gasteiger partial charge in [0, 0.05) is 0 Å². The molecule has 4 aromatic carbocycles. The second kappa shape index (κ2) is 7.25. The molecule has 6 nitrogen and oxygen atoms in total. The van der Waals surface area contributed by atoms with Crippen molar-refractivity contribution in [2.24, 2.45) is 0 Å². The van der Waals surface area contributed by atoms with Gasteiger partial charge in [-0.05, 0) is 57.3 Å². The van der Waals surface area contributed by atoms with Crippen molar-refractivity contribution in [2.45, 2.75) is 0 Å². The highest BCUT2D eigenvalue weighted by molar-refractivity contribution is 6.06. The summed E-state index contributed by atoms with van der Waals surface area (Å²) in [6, 6.07) is 20.1. The summed E-state index contributed by atoms with van der Waals surface area (Å²) in [5.41, 5.74) is 2.57. The number of fused-ring (bicyclic) bond motifs is 1. The Bertz CT molecular complexity index is 1220. The van der Waals surface area contributed by atoms with Crippen LogP contribution >= 0.6 is 0 Å². The Morgan fingerprint density at radius 2 is 0.967 bits per heavy atom. The molecule has 4 N–H and O–H groups in total. The van der Waals surface area contributed by atoms with Crippen LogP contribution in [0.1, 0.15) is 20.7 Å². The minimum Gasteiger partial charge on any atom is -0.507 e. The molecule has 4 aromatic rings. The van der Waals surface area contributed by atoms with E-state index in [0.717, 1.165) is 21.9 Å². The molecule has 0 heterocycles. The maximum atomic E-state index is 11.2. The Kier molecular flexibility index (Phi) is 4.60. The van der Waals surface area contributed by atoms with Gasteiger partial charge in [-0.25, -0.2) is 9.59 Å². The third-order valence-electron chi connectivity index (χ3n) is 5.00. The molecule has 0 saturated heterocycles. The maximum Gasteiger partial charge on any atom is 0.339 e. The fraction of sp³-hybridized carbons (Fsp3) is 0. The quantitative estimate of drug-likeness (QED) is 0.384. The summed E-state index contributed by atoms with van der Waals surface area (Å²) in [5, 5.41) is 40.1. The predicted octanol–water partition coefficient (Wildman–Crippen LogP) is 4.98. The van der Waals surface area contributed by atoms with Gasteiger partial charge in [0.25, 0.3) is 0 Å². The zero-order chi connectivity index (χ0) is 21.4. The van der Waals surface area contributed by atoms with Gasteiger partial charge in [0.2, 0.25) is 0 Å².